The highest BCUT2D eigenvalue weighted by atomic mass is 35.5. The summed E-state index contributed by atoms with van der Waals surface area (Å²) >= 11 is 6.45. The monoisotopic (exact) mass is 599 g/mol. The molecule has 3 rings (SSSR count). The van der Waals surface area contributed by atoms with E-state index in [0.29, 0.717) is 35.1 Å². The molecule has 0 radical (unpaired) electrons. The molecule has 0 saturated carbocycles. The van der Waals surface area contributed by atoms with E-state index in [9.17, 15) is 18.0 Å². The minimum absolute atomic E-state index is 0.0352. The summed E-state index contributed by atoms with van der Waals surface area (Å²) in [6, 6.07) is 20.6. The van der Waals surface area contributed by atoms with Gasteiger partial charge in [-0.25, -0.2) is 8.42 Å². The highest BCUT2D eigenvalue weighted by Crippen LogP contribution is 2.27. The Balaban J connectivity index is 2.06. The maximum Gasteiger partial charge on any atom is 0.264 e. The number of hydrogen-bond acceptors (Lipinski definition) is 5. The SMILES string of the molecule is CCOc1ccc(N(CC(=O)N(Cc2ccccc2Cl)[C@@H](CC)C(=O)N[C@@H](C)CC)S(=O)(=O)c2ccccc2)cc1. The first-order valence-corrected chi connectivity index (χ1v) is 15.6. The fraction of sp³-hybridized carbons (Fsp3) is 0.355. The molecule has 0 aromatic heterocycles. The normalized spacial score (nSPS) is 12.7. The zero-order valence-electron chi connectivity index (χ0n) is 23.9. The van der Waals surface area contributed by atoms with E-state index in [2.05, 4.69) is 5.32 Å². The largest absolute Gasteiger partial charge is 0.494 e. The van der Waals surface area contributed by atoms with Gasteiger partial charge >= 0.3 is 0 Å². The smallest absolute Gasteiger partial charge is 0.264 e. The molecule has 3 aromatic carbocycles. The summed E-state index contributed by atoms with van der Waals surface area (Å²) in [4.78, 5) is 28.9. The van der Waals surface area contributed by atoms with Crippen molar-refractivity contribution < 1.29 is 22.7 Å². The Morgan fingerprint density at radius 1 is 0.902 bits per heavy atom. The van der Waals surface area contributed by atoms with Crippen LogP contribution in [0.3, 0.4) is 0 Å². The summed E-state index contributed by atoms with van der Waals surface area (Å²) in [5, 5.41) is 3.41. The molecule has 1 N–H and O–H groups in total. The lowest BCUT2D eigenvalue weighted by atomic mass is 10.1. The summed E-state index contributed by atoms with van der Waals surface area (Å²) < 4.78 is 34.4. The Morgan fingerprint density at radius 3 is 2.12 bits per heavy atom. The van der Waals surface area contributed by atoms with E-state index < -0.39 is 28.5 Å². The number of nitrogens with one attached hydrogen (secondary N) is 1. The van der Waals surface area contributed by atoms with Crippen LogP contribution in [-0.4, -0.2) is 50.4 Å². The lowest BCUT2D eigenvalue weighted by Gasteiger charge is -2.34. The quantitative estimate of drug-likeness (QED) is 0.258. The molecule has 41 heavy (non-hydrogen) atoms. The molecule has 8 nitrogen and oxygen atoms in total. The van der Waals surface area contributed by atoms with Crippen LogP contribution in [0.4, 0.5) is 5.69 Å². The third-order valence-corrected chi connectivity index (χ3v) is 8.89. The fourth-order valence-corrected chi connectivity index (χ4v) is 5.93. The summed E-state index contributed by atoms with van der Waals surface area (Å²) in [6.07, 6.45) is 1.05. The molecule has 0 spiro atoms. The van der Waals surface area contributed by atoms with Crippen LogP contribution in [0.2, 0.25) is 5.02 Å². The number of amides is 2. The lowest BCUT2D eigenvalue weighted by molar-refractivity contribution is -0.140. The summed E-state index contributed by atoms with van der Waals surface area (Å²) in [5.74, 6) is -0.266. The van der Waals surface area contributed by atoms with Crippen molar-refractivity contribution in [3.63, 3.8) is 0 Å². The maximum absolute atomic E-state index is 14.1. The van der Waals surface area contributed by atoms with Gasteiger partial charge in [0.1, 0.15) is 18.3 Å². The number of rotatable bonds is 14. The second-order valence-electron chi connectivity index (χ2n) is 9.61. The number of benzene rings is 3. The maximum atomic E-state index is 14.1. The highest BCUT2D eigenvalue weighted by Gasteiger charge is 2.34. The summed E-state index contributed by atoms with van der Waals surface area (Å²) in [5.41, 5.74) is 0.941. The first-order valence-electron chi connectivity index (χ1n) is 13.8. The van der Waals surface area contributed by atoms with Gasteiger partial charge in [-0.15, -0.1) is 0 Å². The van der Waals surface area contributed by atoms with Crippen molar-refractivity contribution in [3.05, 3.63) is 89.4 Å². The fourth-order valence-electron chi connectivity index (χ4n) is 4.29. The van der Waals surface area contributed by atoms with Crippen molar-refractivity contribution in [1.82, 2.24) is 10.2 Å². The van der Waals surface area contributed by atoms with E-state index in [1.807, 2.05) is 27.7 Å². The minimum Gasteiger partial charge on any atom is -0.494 e. The average molecular weight is 600 g/mol. The Hall–Kier alpha value is -3.56. The van der Waals surface area contributed by atoms with Gasteiger partial charge in [0.2, 0.25) is 11.8 Å². The van der Waals surface area contributed by atoms with E-state index in [1.165, 1.54) is 17.0 Å². The average Bonchev–Trinajstić information content (AvgIpc) is 2.97. The zero-order chi connectivity index (χ0) is 30.0. The van der Waals surface area contributed by atoms with Gasteiger partial charge in [-0.05, 0) is 74.7 Å². The molecule has 10 heteroatoms. The van der Waals surface area contributed by atoms with E-state index in [0.717, 1.165) is 10.7 Å². The number of nitrogens with zero attached hydrogens (tertiary/aromatic N) is 2. The second kappa shape index (κ2) is 14.9. The van der Waals surface area contributed by atoms with Gasteiger partial charge < -0.3 is 15.0 Å². The van der Waals surface area contributed by atoms with Gasteiger partial charge in [-0.1, -0.05) is 61.8 Å². The molecule has 0 heterocycles. The topological polar surface area (TPSA) is 96.0 Å². The molecule has 0 fully saturated rings. The Labute approximate surface area is 248 Å². The van der Waals surface area contributed by atoms with Gasteiger partial charge in [0.15, 0.2) is 0 Å². The number of ether oxygens (including phenoxy) is 1. The van der Waals surface area contributed by atoms with Crippen LogP contribution in [0, 0.1) is 0 Å². The predicted molar refractivity (Wildman–Crippen MR) is 163 cm³/mol. The van der Waals surface area contributed by atoms with Crippen LogP contribution in [-0.2, 0) is 26.2 Å². The molecule has 2 atom stereocenters. The Kier molecular flexibility index (Phi) is 11.6. The number of carbonyl (C=O) groups is 2. The molecule has 0 saturated heterocycles. The van der Waals surface area contributed by atoms with Gasteiger partial charge in [0.25, 0.3) is 10.0 Å². The Morgan fingerprint density at radius 2 is 1.54 bits per heavy atom. The first kappa shape index (κ1) is 32.0. The molecular formula is C31H38ClN3O5S. The van der Waals surface area contributed by atoms with Crippen molar-refractivity contribution in [1.29, 1.82) is 0 Å². The van der Waals surface area contributed by atoms with E-state index in [-0.39, 0.29) is 23.4 Å². The van der Waals surface area contributed by atoms with Crippen LogP contribution >= 0.6 is 11.6 Å². The third kappa shape index (κ3) is 8.24. The molecule has 0 aliphatic rings. The predicted octanol–water partition coefficient (Wildman–Crippen LogP) is 5.66. The number of halogens is 1. The van der Waals surface area contributed by atoms with Crippen LogP contribution in [0.15, 0.2) is 83.8 Å². The molecule has 2 amide bonds. The van der Waals surface area contributed by atoms with Crippen LogP contribution < -0.4 is 14.4 Å². The van der Waals surface area contributed by atoms with Crippen LogP contribution in [0.25, 0.3) is 0 Å². The second-order valence-corrected chi connectivity index (χ2v) is 11.9. The molecule has 220 valence electrons. The van der Waals surface area contributed by atoms with Crippen molar-refractivity contribution >= 4 is 39.1 Å². The Bertz CT molecular complexity index is 1400. The molecular weight excluding hydrogens is 562 g/mol. The van der Waals surface area contributed by atoms with Gasteiger partial charge in [0.05, 0.1) is 17.2 Å². The van der Waals surface area contributed by atoms with Crippen molar-refractivity contribution in [2.24, 2.45) is 0 Å². The number of carbonyl (C=O) groups excluding carboxylic acids is 2. The first-order chi connectivity index (χ1) is 19.6. The zero-order valence-corrected chi connectivity index (χ0v) is 25.5. The molecule has 0 bridgehead atoms. The van der Waals surface area contributed by atoms with Gasteiger partial charge in [-0.3, -0.25) is 13.9 Å². The number of anilines is 1. The summed E-state index contributed by atoms with van der Waals surface area (Å²) in [7, 11) is -4.15. The van der Waals surface area contributed by atoms with Crippen molar-refractivity contribution in [3.8, 4) is 5.75 Å². The van der Waals surface area contributed by atoms with E-state index >= 15 is 0 Å². The van der Waals surface area contributed by atoms with E-state index in [4.69, 9.17) is 16.3 Å². The molecule has 0 unspecified atom stereocenters. The van der Waals surface area contributed by atoms with Crippen LogP contribution in [0.5, 0.6) is 5.75 Å². The molecule has 0 aliphatic carbocycles. The minimum atomic E-state index is -4.15. The number of sulfonamides is 1. The van der Waals surface area contributed by atoms with E-state index in [1.54, 1.807) is 66.7 Å². The van der Waals surface area contributed by atoms with Gasteiger partial charge in [0, 0.05) is 17.6 Å². The number of hydrogen-bond donors (Lipinski definition) is 1. The van der Waals surface area contributed by atoms with Crippen LogP contribution in [0.1, 0.15) is 46.1 Å². The standard InChI is InChI=1S/C31H38ClN3O5S/c1-5-23(4)33-31(37)29(6-2)34(21-24-13-11-12-16-28(24)32)30(36)22-35(25-17-19-26(20-18-25)40-7-3)41(38,39)27-14-9-8-10-15-27/h8-20,23,29H,5-7,21-22H2,1-4H3,(H,33,37)/t23-,29-/m0/s1. The van der Waals surface area contributed by atoms with Gasteiger partial charge in [-0.2, -0.15) is 0 Å². The highest BCUT2D eigenvalue weighted by molar-refractivity contribution is 7.92. The van der Waals surface area contributed by atoms with Crippen molar-refractivity contribution in [2.75, 3.05) is 17.5 Å². The third-order valence-electron chi connectivity index (χ3n) is 6.73. The van der Waals surface area contributed by atoms with Crippen molar-refractivity contribution in [2.45, 2.75) is 64.1 Å². The lowest BCUT2D eigenvalue weighted by Crippen LogP contribution is -2.53. The molecule has 3 aromatic rings. The molecule has 0 aliphatic heterocycles. The summed E-state index contributed by atoms with van der Waals surface area (Å²) in [6.45, 7) is 7.49.